The van der Waals surface area contributed by atoms with Gasteiger partial charge >= 0.3 is 0 Å². The minimum atomic E-state index is -0.532. The van der Waals surface area contributed by atoms with Gasteiger partial charge in [-0.3, -0.25) is 0 Å². The lowest BCUT2D eigenvalue weighted by Crippen LogP contribution is -2.44. The molecule has 1 aliphatic rings. The molecule has 1 heterocycles. The summed E-state index contributed by atoms with van der Waals surface area (Å²) in [5.74, 6) is 1.49. The van der Waals surface area contributed by atoms with Gasteiger partial charge in [-0.15, -0.1) is 0 Å². The molecule has 21 heavy (non-hydrogen) atoms. The highest BCUT2D eigenvalue weighted by atomic mass is 16.5. The van der Waals surface area contributed by atoms with Crippen LogP contribution in [0, 0.1) is 0 Å². The zero-order valence-corrected chi connectivity index (χ0v) is 13.0. The topological polar surface area (TPSA) is 54.0 Å². The predicted octanol–water partition coefficient (Wildman–Crippen LogP) is 1.42. The Kier molecular flexibility index (Phi) is 6.29. The fraction of sp³-hybridized carbons (Fsp3) is 0.625. The second-order valence-electron chi connectivity index (χ2n) is 5.23. The SMILES string of the molecule is CCOc1ccc(OC)c(C(O)CCN2CCNCC2)c1. The number of methoxy groups -OCH3 is 1. The molecule has 0 aromatic heterocycles. The number of benzene rings is 1. The van der Waals surface area contributed by atoms with Crippen molar-refractivity contribution in [3.05, 3.63) is 23.8 Å². The Morgan fingerprint density at radius 3 is 2.76 bits per heavy atom. The minimum absolute atomic E-state index is 0.532. The van der Waals surface area contributed by atoms with Crippen LogP contribution in [0.3, 0.4) is 0 Å². The van der Waals surface area contributed by atoms with Crippen LogP contribution in [-0.4, -0.2) is 56.4 Å². The Morgan fingerprint density at radius 1 is 1.33 bits per heavy atom. The van der Waals surface area contributed by atoms with E-state index < -0.39 is 6.10 Å². The number of aliphatic hydroxyl groups is 1. The summed E-state index contributed by atoms with van der Waals surface area (Å²) in [5.41, 5.74) is 0.804. The second kappa shape index (κ2) is 8.22. The maximum Gasteiger partial charge on any atom is 0.124 e. The lowest BCUT2D eigenvalue weighted by Gasteiger charge is -2.28. The molecule has 0 spiro atoms. The van der Waals surface area contributed by atoms with Crippen molar-refractivity contribution in [2.45, 2.75) is 19.4 Å². The first-order valence-corrected chi connectivity index (χ1v) is 7.66. The van der Waals surface area contributed by atoms with Crippen LogP contribution in [0.4, 0.5) is 0 Å². The molecule has 1 atom stereocenters. The van der Waals surface area contributed by atoms with Crippen molar-refractivity contribution >= 4 is 0 Å². The third-order valence-corrected chi connectivity index (χ3v) is 3.80. The van der Waals surface area contributed by atoms with Crippen LogP contribution < -0.4 is 14.8 Å². The average Bonchev–Trinajstić information content (AvgIpc) is 2.54. The largest absolute Gasteiger partial charge is 0.496 e. The van der Waals surface area contributed by atoms with E-state index in [0.29, 0.717) is 18.8 Å². The molecule has 1 aliphatic heterocycles. The van der Waals surface area contributed by atoms with Crippen molar-refractivity contribution in [2.75, 3.05) is 46.4 Å². The first kappa shape index (κ1) is 16.1. The Bertz CT molecular complexity index is 434. The Hall–Kier alpha value is -1.30. The number of ether oxygens (including phenoxy) is 2. The highest BCUT2D eigenvalue weighted by molar-refractivity contribution is 5.41. The summed E-state index contributed by atoms with van der Waals surface area (Å²) in [4.78, 5) is 2.37. The lowest BCUT2D eigenvalue weighted by molar-refractivity contribution is 0.133. The van der Waals surface area contributed by atoms with Crippen LogP contribution >= 0.6 is 0 Å². The highest BCUT2D eigenvalue weighted by Crippen LogP contribution is 2.31. The Labute approximate surface area is 126 Å². The monoisotopic (exact) mass is 294 g/mol. The molecule has 1 fully saturated rings. The first-order chi connectivity index (χ1) is 10.2. The molecule has 5 nitrogen and oxygen atoms in total. The molecule has 2 rings (SSSR count). The van der Waals surface area contributed by atoms with Gasteiger partial charge in [0.05, 0.1) is 19.8 Å². The van der Waals surface area contributed by atoms with Crippen LogP contribution in [0.2, 0.25) is 0 Å². The predicted molar refractivity (Wildman–Crippen MR) is 83.0 cm³/mol. The number of rotatable bonds is 7. The molecule has 1 aromatic rings. The van der Waals surface area contributed by atoms with Crippen molar-refractivity contribution in [3.63, 3.8) is 0 Å². The molecule has 0 aliphatic carbocycles. The summed E-state index contributed by atoms with van der Waals surface area (Å²) in [6.45, 7) is 7.60. The van der Waals surface area contributed by atoms with E-state index in [4.69, 9.17) is 9.47 Å². The number of nitrogens with zero attached hydrogens (tertiary/aromatic N) is 1. The smallest absolute Gasteiger partial charge is 0.124 e. The van der Waals surface area contributed by atoms with E-state index in [1.165, 1.54) is 0 Å². The first-order valence-electron chi connectivity index (χ1n) is 7.66. The van der Waals surface area contributed by atoms with Crippen LogP contribution in [-0.2, 0) is 0 Å². The van der Waals surface area contributed by atoms with Crippen molar-refractivity contribution < 1.29 is 14.6 Å². The maximum absolute atomic E-state index is 10.5. The van der Waals surface area contributed by atoms with Crippen LogP contribution in [0.25, 0.3) is 0 Å². The third kappa shape index (κ3) is 4.59. The number of nitrogens with one attached hydrogen (secondary N) is 1. The molecule has 5 heteroatoms. The average molecular weight is 294 g/mol. The minimum Gasteiger partial charge on any atom is -0.496 e. The van der Waals surface area contributed by atoms with Crippen LogP contribution in [0.5, 0.6) is 11.5 Å². The van der Waals surface area contributed by atoms with E-state index in [1.54, 1.807) is 7.11 Å². The van der Waals surface area contributed by atoms with E-state index in [1.807, 2.05) is 25.1 Å². The third-order valence-electron chi connectivity index (χ3n) is 3.80. The summed E-state index contributed by atoms with van der Waals surface area (Å²) in [5, 5.41) is 13.8. The summed E-state index contributed by atoms with van der Waals surface area (Å²) in [6.07, 6.45) is 0.168. The van der Waals surface area contributed by atoms with Gasteiger partial charge in [-0.1, -0.05) is 0 Å². The zero-order chi connectivity index (χ0) is 15.1. The molecule has 1 saturated heterocycles. The van der Waals surface area contributed by atoms with E-state index in [2.05, 4.69) is 10.2 Å². The molecular weight excluding hydrogens is 268 g/mol. The number of hydrogen-bond acceptors (Lipinski definition) is 5. The lowest BCUT2D eigenvalue weighted by atomic mass is 10.0. The fourth-order valence-electron chi connectivity index (χ4n) is 2.62. The zero-order valence-electron chi connectivity index (χ0n) is 13.0. The summed E-state index contributed by atoms with van der Waals surface area (Å²) < 4.78 is 10.9. The van der Waals surface area contributed by atoms with Gasteiger partial charge in [-0.05, 0) is 31.5 Å². The van der Waals surface area contributed by atoms with Gasteiger partial charge < -0.3 is 24.8 Å². The van der Waals surface area contributed by atoms with Crippen molar-refractivity contribution in [3.8, 4) is 11.5 Å². The molecule has 1 aromatic carbocycles. The van der Waals surface area contributed by atoms with Gasteiger partial charge in [-0.25, -0.2) is 0 Å². The molecule has 0 radical (unpaired) electrons. The van der Waals surface area contributed by atoms with E-state index in [0.717, 1.165) is 44.0 Å². The van der Waals surface area contributed by atoms with Crippen LogP contribution in [0.15, 0.2) is 18.2 Å². The van der Waals surface area contributed by atoms with Gasteiger partial charge in [0.1, 0.15) is 11.5 Å². The highest BCUT2D eigenvalue weighted by Gasteiger charge is 2.17. The quantitative estimate of drug-likeness (QED) is 0.796. The standard InChI is InChI=1S/C16H26N2O3/c1-3-21-13-4-5-16(20-2)14(12-13)15(19)6-9-18-10-7-17-8-11-18/h4-5,12,15,17,19H,3,6-11H2,1-2H3. The maximum atomic E-state index is 10.5. The van der Waals surface area contributed by atoms with Crippen molar-refractivity contribution in [2.24, 2.45) is 0 Å². The second-order valence-corrected chi connectivity index (χ2v) is 5.23. The molecular formula is C16H26N2O3. The van der Waals surface area contributed by atoms with Crippen LogP contribution in [0.1, 0.15) is 25.0 Å². The van der Waals surface area contributed by atoms with Gasteiger partial charge in [0.15, 0.2) is 0 Å². The van der Waals surface area contributed by atoms with Gasteiger partial charge in [-0.2, -0.15) is 0 Å². The molecule has 0 amide bonds. The Morgan fingerprint density at radius 2 is 2.10 bits per heavy atom. The normalized spacial score (nSPS) is 17.5. The van der Waals surface area contributed by atoms with E-state index in [9.17, 15) is 5.11 Å². The molecule has 0 bridgehead atoms. The van der Waals surface area contributed by atoms with E-state index >= 15 is 0 Å². The number of piperazine rings is 1. The summed E-state index contributed by atoms with van der Waals surface area (Å²) >= 11 is 0. The van der Waals surface area contributed by atoms with Crippen molar-refractivity contribution in [1.82, 2.24) is 10.2 Å². The summed E-state index contributed by atoms with van der Waals surface area (Å²) in [6, 6.07) is 5.61. The molecule has 0 saturated carbocycles. The molecule has 1 unspecified atom stereocenters. The number of hydrogen-bond donors (Lipinski definition) is 2. The fourth-order valence-corrected chi connectivity index (χ4v) is 2.62. The Balaban J connectivity index is 1.98. The van der Waals surface area contributed by atoms with Gasteiger partial charge in [0, 0.05) is 38.3 Å². The van der Waals surface area contributed by atoms with Gasteiger partial charge in [0.2, 0.25) is 0 Å². The van der Waals surface area contributed by atoms with Gasteiger partial charge in [0.25, 0.3) is 0 Å². The molecule has 2 N–H and O–H groups in total. The summed E-state index contributed by atoms with van der Waals surface area (Å²) in [7, 11) is 1.63. The van der Waals surface area contributed by atoms with Crippen molar-refractivity contribution in [1.29, 1.82) is 0 Å². The molecule has 118 valence electrons. The van der Waals surface area contributed by atoms with E-state index in [-0.39, 0.29) is 0 Å². The number of aliphatic hydroxyl groups excluding tert-OH is 1.